The highest BCUT2D eigenvalue weighted by Gasteiger charge is 2.20. The molecule has 2 nitrogen and oxygen atoms in total. The van der Waals surface area contributed by atoms with Gasteiger partial charge in [0.15, 0.2) is 0 Å². The average Bonchev–Trinajstić information content (AvgIpc) is 2.40. The topological polar surface area (TPSA) is 21.3 Å². The van der Waals surface area contributed by atoms with Gasteiger partial charge in [-0.05, 0) is 30.7 Å². The monoisotopic (exact) mass is 247 g/mol. The van der Waals surface area contributed by atoms with E-state index in [4.69, 9.17) is 4.74 Å². The van der Waals surface area contributed by atoms with Gasteiger partial charge in [-0.1, -0.05) is 44.2 Å². The fourth-order valence-electron chi connectivity index (χ4n) is 2.61. The van der Waals surface area contributed by atoms with Gasteiger partial charge < -0.3 is 10.1 Å². The number of hydrogen-bond donors (Lipinski definition) is 1. The normalized spacial score (nSPS) is 19.1. The molecule has 1 heterocycles. The molecule has 0 spiro atoms. The minimum Gasteiger partial charge on any atom is -0.381 e. The lowest BCUT2D eigenvalue weighted by Crippen LogP contribution is -2.37. The van der Waals surface area contributed by atoms with Gasteiger partial charge >= 0.3 is 0 Å². The Labute approximate surface area is 111 Å². The predicted molar refractivity (Wildman–Crippen MR) is 75.6 cm³/mol. The lowest BCUT2D eigenvalue weighted by atomic mass is 9.95. The van der Waals surface area contributed by atoms with Gasteiger partial charge in [0.2, 0.25) is 0 Å². The second-order valence-corrected chi connectivity index (χ2v) is 5.65. The molecule has 1 aromatic carbocycles. The summed E-state index contributed by atoms with van der Waals surface area (Å²) in [5.74, 6) is 0.711. The van der Waals surface area contributed by atoms with Crippen molar-refractivity contribution in [2.75, 3.05) is 13.2 Å². The number of rotatable bonds is 5. The lowest BCUT2D eigenvalue weighted by Gasteiger charge is -2.30. The van der Waals surface area contributed by atoms with Gasteiger partial charge in [0.25, 0.3) is 0 Å². The Kier molecular flexibility index (Phi) is 5.21. The first-order chi connectivity index (χ1) is 8.75. The van der Waals surface area contributed by atoms with Crippen LogP contribution in [0.5, 0.6) is 0 Å². The van der Waals surface area contributed by atoms with Crippen molar-refractivity contribution >= 4 is 0 Å². The third-order valence-electron chi connectivity index (χ3n) is 3.57. The summed E-state index contributed by atoms with van der Waals surface area (Å²) >= 11 is 0. The van der Waals surface area contributed by atoms with Crippen LogP contribution in [0.25, 0.3) is 0 Å². The molecule has 2 heteroatoms. The van der Waals surface area contributed by atoms with Crippen LogP contribution in [0.15, 0.2) is 30.3 Å². The summed E-state index contributed by atoms with van der Waals surface area (Å²) in [6.07, 6.45) is 3.48. The highest BCUT2D eigenvalue weighted by atomic mass is 16.5. The van der Waals surface area contributed by atoms with E-state index >= 15 is 0 Å². The molecule has 1 aliphatic heterocycles. The third kappa shape index (κ3) is 4.11. The maximum atomic E-state index is 5.43. The van der Waals surface area contributed by atoms with Crippen LogP contribution < -0.4 is 5.32 Å². The van der Waals surface area contributed by atoms with Gasteiger partial charge in [0.1, 0.15) is 0 Å². The maximum Gasteiger partial charge on any atom is 0.0480 e. The fourth-order valence-corrected chi connectivity index (χ4v) is 2.61. The van der Waals surface area contributed by atoms with Crippen LogP contribution >= 0.6 is 0 Å². The van der Waals surface area contributed by atoms with Gasteiger partial charge in [-0.3, -0.25) is 0 Å². The Balaban J connectivity index is 2.00. The zero-order chi connectivity index (χ0) is 12.8. The molecule has 1 aromatic rings. The first-order valence-corrected chi connectivity index (χ1v) is 7.14. The van der Waals surface area contributed by atoms with Gasteiger partial charge in [0, 0.05) is 25.3 Å². The molecule has 2 rings (SSSR count). The van der Waals surface area contributed by atoms with Crippen molar-refractivity contribution < 1.29 is 4.74 Å². The molecule has 0 aromatic heterocycles. The molecular weight excluding hydrogens is 222 g/mol. The maximum absolute atomic E-state index is 5.43. The predicted octanol–water partition coefficient (Wildman–Crippen LogP) is 3.54. The Bertz CT molecular complexity index is 330. The molecule has 0 bridgehead atoms. The molecule has 1 unspecified atom stereocenters. The Morgan fingerprint density at radius 3 is 2.44 bits per heavy atom. The van der Waals surface area contributed by atoms with Crippen molar-refractivity contribution in [1.82, 2.24) is 5.32 Å². The number of hydrogen-bond acceptors (Lipinski definition) is 2. The molecule has 0 radical (unpaired) electrons. The molecule has 0 amide bonds. The van der Waals surface area contributed by atoms with Gasteiger partial charge in [0.05, 0.1) is 0 Å². The second kappa shape index (κ2) is 6.91. The van der Waals surface area contributed by atoms with E-state index in [1.54, 1.807) is 0 Å². The van der Waals surface area contributed by atoms with Crippen LogP contribution in [-0.2, 0) is 4.74 Å². The van der Waals surface area contributed by atoms with Gasteiger partial charge in [-0.25, -0.2) is 0 Å². The summed E-state index contributed by atoms with van der Waals surface area (Å²) in [5, 5.41) is 3.82. The van der Waals surface area contributed by atoms with E-state index in [-0.39, 0.29) is 0 Å². The van der Waals surface area contributed by atoms with E-state index in [1.807, 2.05) is 0 Å². The van der Waals surface area contributed by atoms with Crippen LogP contribution in [0, 0.1) is 5.92 Å². The first-order valence-electron chi connectivity index (χ1n) is 7.14. The van der Waals surface area contributed by atoms with Crippen LogP contribution in [-0.4, -0.2) is 19.3 Å². The highest BCUT2D eigenvalue weighted by molar-refractivity contribution is 5.19. The summed E-state index contributed by atoms with van der Waals surface area (Å²) in [7, 11) is 0. The second-order valence-electron chi connectivity index (χ2n) is 5.65. The molecule has 1 fully saturated rings. The van der Waals surface area contributed by atoms with Crippen molar-refractivity contribution in [2.24, 2.45) is 5.92 Å². The van der Waals surface area contributed by atoms with E-state index in [9.17, 15) is 0 Å². The number of benzene rings is 1. The smallest absolute Gasteiger partial charge is 0.0480 e. The molecule has 0 saturated carbocycles. The summed E-state index contributed by atoms with van der Waals surface area (Å²) < 4.78 is 5.43. The SMILES string of the molecule is CC(C)CC(NC1CCOCC1)c1ccccc1. The van der Waals surface area contributed by atoms with Crippen LogP contribution in [0.2, 0.25) is 0 Å². The summed E-state index contributed by atoms with van der Waals surface area (Å²) in [6.45, 7) is 6.39. The first kappa shape index (κ1) is 13.6. The summed E-state index contributed by atoms with van der Waals surface area (Å²) in [4.78, 5) is 0. The molecule has 0 aliphatic carbocycles. The summed E-state index contributed by atoms with van der Waals surface area (Å²) in [5.41, 5.74) is 1.41. The van der Waals surface area contributed by atoms with Crippen molar-refractivity contribution in [3.05, 3.63) is 35.9 Å². The molecule has 100 valence electrons. The summed E-state index contributed by atoms with van der Waals surface area (Å²) in [6, 6.07) is 11.9. The average molecular weight is 247 g/mol. The van der Waals surface area contributed by atoms with E-state index < -0.39 is 0 Å². The largest absolute Gasteiger partial charge is 0.381 e. The zero-order valence-corrected chi connectivity index (χ0v) is 11.6. The Hall–Kier alpha value is -0.860. The Morgan fingerprint density at radius 1 is 1.17 bits per heavy atom. The molecular formula is C16H25NO. The van der Waals surface area contributed by atoms with Crippen molar-refractivity contribution in [1.29, 1.82) is 0 Å². The molecule has 1 atom stereocenters. The minimum absolute atomic E-state index is 0.481. The standard InChI is InChI=1S/C16H25NO/c1-13(2)12-16(14-6-4-3-5-7-14)17-15-8-10-18-11-9-15/h3-7,13,15-17H,8-12H2,1-2H3. The van der Waals surface area contributed by atoms with E-state index in [0.717, 1.165) is 26.1 Å². The lowest BCUT2D eigenvalue weighted by molar-refractivity contribution is 0.0739. The zero-order valence-electron chi connectivity index (χ0n) is 11.6. The third-order valence-corrected chi connectivity index (χ3v) is 3.57. The van der Waals surface area contributed by atoms with Crippen LogP contribution in [0.4, 0.5) is 0 Å². The fraction of sp³-hybridized carbons (Fsp3) is 0.625. The van der Waals surface area contributed by atoms with E-state index in [1.165, 1.54) is 12.0 Å². The molecule has 1 saturated heterocycles. The van der Waals surface area contributed by atoms with Crippen LogP contribution in [0.3, 0.4) is 0 Å². The number of ether oxygens (including phenoxy) is 1. The molecule has 1 aliphatic rings. The van der Waals surface area contributed by atoms with E-state index in [2.05, 4.69) is 49.5 Å². The van der Waals surface area contributed by atoms with Crippen LogP contribution in [0.1, 0.15) is 44.7 Å². The quantitative estimate of drug-likeness (QED) is 0.859. The number of nitrogens with one attached hydrogen (secondary N) is 1. The Morgan fingerprint density at radius 2 is 1.83 bits per heavy atom. The van der Waals surface area contributed by atoms with Gasteiger partial charge in [-0.2, -0.15) is 0 Å². The minimum atomic E-state index is 0.481. The van der Waals surface area contributed by atoms with Gasteiger partial charge in [-0.15, -0.1) is 0 Å². The van der Waals surface area contributed by atoms with Crippen molar-refractivity contribution in [3.63, 3.8) is 0 Å². The van der Waals surface area contributed by atoms with Crippen molar-refractivity contribution in [3.8, 4) is 0 Å². The van der Waals surface area contributed by atoms with E-state index in [0.29, 0.717) is 18.0 Å². The molecule has 1 N–H and O–H groups in total. The van der Waals surface area contributed by atoms with Crippen molar-refractivity contribution in [2.45, 2.75) is 45.2 Å². The highest BCUT2D eigenvalue weighted by Crippen LogP contribution is 2.23. The molecule has 18 heavy (non-hydrogen) atoms.